The zero-order chi connectivity index (χ0) is 9.35. The maximum Gasteiger partial charge on any atom is 0.0644 e. The largest absolute Gasteiger partial charge is 0.393 e. The van der Waals surface area contributed by atoms with E-state index in [1.807, 2.05) is 0 Å². The van der Waals surface area contributed by atoms with Gasteiger partial charge in [-0.1, -0.05) is 13.3 Å². The summed E-state index contributed by atoms with van der Waals surface area (Å²) in [6, 6.07) is 0. The molecule has 3 atom stereocenters. The Morgan fingerprint density at radius 2 is 1.83 bits per heavy atom. The Morgan fingerprint density at radius 3 is 2.25 bits per heavy atom. The molecule has 0 amide bonds. The van der Waals surface area contributed by atoms with Crippen LogP contribution in [0.3, 0.4) is 0 Å². The highest BCUT2D eigenvalue weighted by atomic mass is 16.3. The molecule has 1 aliphatic carbocycles. The molecule has 1 fully saturated rings. The minimum absolute atomic E-state index is 0.0636. The lowest BCUT2D eigenvalue weighted by Gasteiger charge is -2.38. The van der Waals surface area contributed by atoms with Crippen molar-refractivity contribution in [3.05, 3.63) is 0 Å². The first-order valence-corrected chi connectivity index (χ1v) is 4.81. The van der Waals surface area contributed by atoms with Gasteiger partial charge in [-0.15, -0.1) is 0 Å². The number of hydrogen-bond acceptors (Lipinski definition) is 2. The van der Waals surface area contributed by atoms with Crippen LogP contribution in [0.5, 0.6) is 0 Å². The predicted molar refractivity (Wildman–Crippen MR) is 48.8 cm³/mol. The zero-order valence-corrected chi connectivity index (χ0v) is 8.25. The molecule has 0 aromatic rings. The van der Waals surface area contributed by atoms with Crippen molar-refractivity contribution in [3.63, 3.8) is 0 Å². The molecule has 0 aromatic heterocycles. The number of aliphatic hydroxyl groups excluding tert-OH is 1. The van der Waals surface area contributed by atoms with Gasteiger partial charge in [0.2, 0.25) is 0 Å². The highest BCUT2D eigenvalue weighted by molar-refractivity contribution is 4.87. The second-order valence-electron chi connectivity index (χ2n) is 4.75. The van der Waals surface area contributed by atoms with Gasteiger partial charge in [-0.25, -0.2) is 0 Å². The van der Waals surface area contributed by atoms with Gasteiger partial charge in [0.1, 0.15) is 0 Å². The van der Waals surface area contributed by atoms with E-state index < -0.39 is 5.60 Å². The van der Waals surface area contributed by atoms with Crippen LogP contribution in [0.15, 0.2) is 0 Å². The van der Waals surface area contributed by atoms with Gasteiger partial charge in [0, 0.05) is 5.92 Å². The number of rotatable bonds is 1. The molecule has 0 bridgehead atoms. The first kappa shape index (κ1) is 10.0. The topological polar surface area (TPSA) is 40.5 Å². The molecule has 0 radical (unpaired) electrons. The molecule has 2 heteroatoms. The second-order valence-corrected chi connectivity index (χ2v) is 4.75. The molecule has 72 valence electrons. The fourth-order valence-corrected chi connectivity index (χ4v) is 2.17. The molecule has 0 aliphatic heterocycles. The van der Waals surface area contributed by atoms with Crippen molar-refractivity contribution >= 4 is 0 Å². The van der Waals surface area contributed by atoms with Crippen LogP contribution in [0, 0.1) is 11.8 Å². The molecule has 0 saturated heterocycles. The van der Waals surface area contributed by atoms with E-state index in [1.165, 1.54) is 0 Å². The number of aliphatic hydroxyl groups is 2. The van der Waals surface area contributed by atoms with Crippen LogP contribution in [0.25, 0.3) is 0 Å². The van der Waals surface area contributed by atoms with Crippen LogP contribution < -0.4 is 0 Å². The Kier molecular flexibility index (Phi) is 2.79. The van der Waals surface area contributed by atoms with Gasteiger partial charge in [-0.3, -0.25) is 0 Å². The normalized spacial score (nSPS) is 38.2. The molecule has 1 saturated carbocycles. The molecular formula is C10H20O2. The van der Waals surface area contributed by atoms with E-state index in [0.29, 0.717) is 5.92 Å². The minimum atomic E-state index is -0.723. The van der Waals surface area contributed by atoms with Crippen molar-refractivity contribution in [2.24, 2.45) is 11.8 Å². The lowest BCUT2D eigenvalue weighted by Crippen LogP contribution is -2.42. The molecule has 0 aromatic carbocycles. The van der Waals surface area contributed by atoms with Crippen LogP contribution >= 0.6 is 0 Å². The molecule has 1 rings (SSSR count). The van der Waals surface area contributed by atoms with E-state index in [4.69, 9.17) is 0 Å². The van der Waals surface area contributed by atoms with E-state index in [-0.39, 0.29) is 12.0 Å². The van der Waals surface area contributed by atoms with Gasteiger partial charge in [-0.05, 0) is 32.6 Å². The standard InChI is InChI=1S/C10H20O2/c1-7-4-5-8(9(11)6-7)10(2,3)12/h7-9,11-12H,4-6H2,1-3H3/t7?,8-,9-/m0/s1. The maximum atomic E-state index is 9.74. The molecule has 0 spiro atoms. The van der Waals surface area contributed by atoms with Crippen molar-refractivity contribution in [1.29, 1.82) is 0 Å². The summed E-state index contributed by atoms with van der Waals surface area (Å²) in [6.07, 6.45) is 2.61. The van der Waals surface area contributed by atoms with Crippen LogP contribution in [0.4, 0.5) is 0 Å². The van der Waals surface area contributed by atoms with Crippen LogP contribution in [-0.2, 0) is 0 Å². The Bertz CT molecular complexity index is 148. The smallest absolute Gasteiger partial charge is 0.0644 e. The van der Waals surface area contributed by atoms with Gasteiger partial charge in [-0.2, -0.15) is 0 Å². The summed E-state index contributed by atoms with van der Waals surface area (Å²) in [5, 5.41) is 19.5. The van der Waals surface area contributed by atoms with Crippen molar-refractivity contribution in [2.75, 3.05) is 0 Å². The summed E-state index contributed by atoms with van der Waals surface area (Å²) in [5.41, 5.74) is -0.723. The summed E-state index contributed by atoms with van der Waals surface area (Å²) in [5.74, 6) is 0.673. The van der Waals surface area contributed by atoms with E-state index in [0.717, 1.165) is 19.3 Å². The lowest BCUT2D eigenvalue weighted by atomic mass is 9.73. The van der Waals surface area contributed by atoms with Crippen LogP contribution in [-0.4, -0.2) is 21.9 Å². The fourth-order valence-electron chi connectivity index (χ4n) is 2.17. The van der Waals surface area contributed by atoms with Gasteiger partial charge in [0.25, 0.3) is 0 Å². The van der Waals surface area contributed by atoms with Crippen LogP contribution in [0.2, 0.25) is 0 Å². The summed E-state index contributed by atoms with van der Waals surface area (Å²) in [4.78, 5) is 0. The molecule has 0 heterocycles. The zero-order valence-electron chi connectivity index (χ0n) is 8.25. The first-order chi connectivity index (χ1) is 5.41. The predicted octanol–water partition coefficient (Wildman–Crippen LogP) is 1.55. The first-order valence-electron chi connectivity index (χ1n) is 4.81. The summed E-state index contributed by atoms with van der Waals surface area (Å²) >= 11 is 0. The molecule has 2 N–H and O–H groups in total. The summed E-state index contributed by atoms with van der Waals surface area (Å²) in [6.45, 7) is 5.73. The van der Waals surface area contributed by atoms with Crippen molar-refractivity contribution in [3.8, 4) is 0 Å². The molecule has 12 heavy (non-hydrogen) atoms. The average molecular weight is 172 g/mol. The molecule has 1 aliphatic rings. The van der Waals surface area contributed by atoms with Crippen molar-refractivity contribution < 1.29 is 10.2 Å². The Balaban J connectivity index is 2.57. The van der Waals surface area contributed by atoms with Gasteiger partial charge < -0.3 is 10.2 Å². The van der Waals surface area contributed by atoms with Gasteiger partial charge >= 0.3 is 0 Å². The average Bonchev–Trinajstić information content (AvgIpc) is 1.83. The lowest BCUT2D eigenvalue weighted by molar-refractivity contribution is -0.0730. The van der Waals surface area contributed by atoms with Crippen LogP contribution in [0.1, 0.15) is 40.0 Å². The van der Waals surface area contributed by atoms with Crippen molar-refractivity contribution in [2.45, 2.75) is 51.7 Å². The highest BCUT2D eigenvalue weighted by Gasteiger charge is 2.36. The monoisotopic (exact) mass is 172 g/mol. The van der Waals surface area contributed by atoms with Gasteiger partial charge in [0.15, 0.2) is 0 Å². The third-order valence-electron chi connectivity index (χ3n) is 2.99. The van der Waals surface area contributed by atoms with E-state index in [9.17, 15) is 10.2 Å². The minimum Gasteiger partial charge on any atom is -0.393 e. The maximum absolute atomic E-state index is 9.74. The Morgan fingerprint density at radius 1 is 1.25 bits per heavy atom. The fraction of sp³-hybridized carbons (Fsp3) is 1.00. The SMILES string of the molecule is CC1CC[C@H](C(C)(C)O)[C@@H](O)C1. The molecule has 2 nitrogen and oxygen atoms in total. The van der Waals surface area contributed by atoms with Gasteiger partial charge in [0.05, 0.1) is 11.7 Å². The quantitative estimate of drug-likeness (QED) is 0.630. The third-order valence-corrected chi connectivity index (χ3v) is 2.99. The Hall–Kier alpha value is -0.0800. The summed E-state index contributed by atoms with van der Waals surface area (Å²) < 4.78 is 0. The van der Waals surface area contributed by atoms with E-state index >= 15 is 0 Å². The molecular weight excluding hydrogens is 152 g/mol. The Labute approximate surface area is 74.6 Å². The second kappa shape index (κ2) is 3.35. The van der Waals surface area contributed by atoms with Crippen molar-refractivity contribution in [1.82, 2.24) is 0 Å². The van der Waals surface area contributed by atoms with E-state index in [2.05, 4.69) is 6.92 Å². The highest BCUT2D eigenvalue weighted by Crippen LogP contribution is 2.35. The molecule has 1 unspecified atom stereocenters. The number of hydrogen-bond donors (Lipinski definition) is 2. The summed E-state index contributed by atoms with van der Waals surface area (Å²) in [7, 11) is 0. The third kappa shape index (κ3) is 2.20. The van der Waals surface area contributed by atoms with E-state index in [1.54, 1.807) is 13.8 Å².